The summed E-state index contributed by atoms with van der Waals surface area (Å²) in [5.41, 5.74) is 28.3. The van der Waals surface area contributed by atoms with Crippen LogP contribution >= 0.6 is 0 Å². The Balaban J connectivity index is 0.000000106. The number of nitrogens with zero attached hydrogens (tertiary/aromatic N) is 12. The van der Waals surface area contributed by atoms with E-state index in [0.29, 0.717) is 64.9 Å². The fraction of sp³-hybridized carbons (Fsp3) is 0.103. The van der Waals surface area contributed by atoms with Crippen LogP contribution in [0.3, 0.4) is 0 Å². The molecular weight excluding hydrogens is 1630 g/mol. The van der Waals surface area contributed by atoms with Gasteiger partial charge in [-0.3, -0.25) is 0 Å². The minimum absolute atomic E-state index is 0.461. The van der Waals surface area contributed by atoms with E-state index in [-0.39, 0.29) is 0 Å². The van der Waals surface area contributed by atoms with Gasteiger partial charge >= 0.3 is 0 Å². The number of para-hydroxylation sites is 8. The van der Waals surface area contributed by atoms with E-state index in [1.807, 2.05) is 158 Å². The van der Waals surface area contributed by atoms with E-state index in [4.69, 9.17) is 17.7 Å². The van der Waals surface area contributed by atoms with Crippen molar-refractivity contribution < 1.29 is 17.7 Å². The van der Waals surface area contributed by atoms with E-state index >= 15 is 0 Å². The van der Waals surface area contributed by atoms with Crippen molar-refractivity contribution in [2.75, 3.05) is 0 Å². The third-order valence-corrected chi connectivity index (χ3v) is 24.7. The maximum absolute atomic E-state index is 6.18. The third kappa shape index (κ3) is 15.5. The second-order valence-corrected chi connectivity index (χ2v) is 34.4. The van der Waals surface area contributed by atoms with Gasteiger partial charge in [-0.1, -0.05) is 264 Å². The fourth-order valence-corrected chi connectivity index (χ4v) is 18.0. The van der Waals surface area contributed by atoms with E-state index in [0.717, 1.165) is 100 Å². The van der Waals surface area contributed by atoms with E-state index in [9.17, 15) is 0 Å². The molecule has 16 nitrogen and oxygen atoms in total. The Morgan fingerprint density at radius 2 is 0.402 bits per heavy atom. The zero-order valence-corrected chi connectivity index (χ0v) is 74.5. The summed E-state index contributed by atoms with van der Waals surface area (Å²) in [6.07, 6.45) is 0. The lowest BCUT2D eigenvalue weighted by Crippen LogP contribution is -1.98. The summed E-state index contributed by atoms with van der Waals surface area (Å²) in [7, 11) is 0. The van der Waals surface area contributed by atoms with Gasteiger partial charge < -0.3 is 35.9 Å². The van der Waals surface area contributed by atoms with E-state index in [2.05, 4.69) is 340 Å². The minimum Gasteiger partial charge on any atom is -0.416 e. The lowest BCUT2D eigenvalue weighted by molar-refractivity contribution is 0.584. The highest BCUT2D eigenvalue weighted by atomic mass is 16.4. The normalized spacial score (nSPS) is 11.6. The molecule has 0 N–H and O–H groups in total. The van der Waals surface area contributed by atoms with Crippen LogP contribution in [0.1, 0.15) is 92.7 Å². The molecule has 16 aromatic carbocycles. The van der Waals surface area contributed by atoms with Gasteiger partial charge in [0.1, 0.15) is 0 Å². The topological polar surface area (TPSA) is 175 Å². The Morgan fingerprint density at radius 1 is 0.182 bits per heavy atom. The van der Waals surface area contributed by atoms with E-state index in [1.165, 1.54) is 87.5 Å². The first-order valence-electron chi connectivity index (χ1n) is 44.8. The molecule has 0 aliphatic heterocycles. The number of fused-ring (bicyclic) bond motifs is 12. The number of rotatable bonds is 15. The molecule has 0 amide bonds. The number of aryl methyl sites for hydroxylation is 3. The Bertz CT molecular complexity index is 8140. The van der Waals surface area contributed by atoms with Crippen molar-refractivity contribution in [1.29, 1.82) is 0 Å². The molecule has 0 saturated carbocycles. The highest BCUT2D eigenvalue weighted by molar-refractivity contribution is 6.13. The number of hydrogen-bond donors (Lipinski definition) is 0. The summed E-state index contributed by atoms with van der Waals surface area (Å²) in [5, 5.41) is 44.9. The Labute approximate surface area is 763 Å². The van der Waals surface area contributed by atoms with Crippen molar-refractivity contribution in [3.05, 3.63) is 409 Å². The first kappa shape index (κ1) is 82.3. The molecule has 0 fully saturated rings. The molecule has 0 aliphatic rings. The van der Waals surface area contributed by atoms with Gasteiger partial charge in [0.05, 0.1) is 89.1 Å². The third-order valence-electron chi connectivity index (χ3n) is 24.7. The van der Waals surface area contributed by atoms with Gasteiger partial charge in [0.15, 0.2) is 0 Å². The molecule has 0 aliphatic carbocycles. The summed E-state index contributed by atoms with van der Waals surface area (Å²) in [5.74, 6) is 5.52. The maximum atomic E-state index is 6.18. The van der Waals surface area contributed by atoms with Gasteiger partial charge in [0, 0.05) is 65.3 Å². The summed E-state index contributed by atoms with van der Waals surface area (Å²) >= 11 is 0. The lowest BCUT2D eigenvalue weighted by atomic mass is 9.98. The SMILES string of the molecule is CC(C)c1ccc(-c2nnc(-c3ccccc3-n3c4ccccc4c4ccccc43)o2)cc1.CC(C)c1ccc2c(c1)c1cc(C(C)C)ccc1n2-c1ccccc1-c1nnc(-c2ccccc2)o1.Cc1ccc(-c2nnc(-c3ccccc3-n3c4ccccc4c4ccccc43)o2)cc1.Cc1ccc2c(c1)c1cc(C)ccc1n2-c1ccccc1-c1nnc(-c2ccccc2)o1. The Hall–Kier alpha value is -16.7. The average molecular weight is 1720 g/mol. The van der Waals surface area contributed by atoms with Crippen LogP contribution < -0.4 is 0 Å². The Kier molecular flexibility index (Phi) is 21.9. The van der Waals surface area contributed by atoms with Crippen LogP contribution in [0, 0.1) is 20.8 Å². The molecule has 640 valence electrons. The lowest BCUT2D eigenvalue weighted by Gasteiger charge is -2.12. The van der Waals surface area contributed by atoms with Crippen LogP contribution in [-0.2, 0) is 0 Å². The minimum atomic E-state index is 0.461. The predicted octanol–water partition coefficient (Wildman–Crippen LogP) is 30.3. The quantitative estimate of drug-likeness (QED) is 0.0951. The van der Waals surface area contributed by atoms with Gasteiger partial charge in [0.2, 0.25) is 47.1 Å². The smallest absolute Gasteiger partial charge is 0.250 e. The van der Waals surface area contributed by atoms with Crippen LogP contribution in [0.15, 0.2) is 394 Å². The molecule has 16 heteroatoms. The van der Waals surface area contributed by atoms with Crippen LogP contribution in [0.4, 0.5) is 0 Å². The molecule has 0 saturated heterocycles. The van der Waals surface area contributed by atoms with Crippen molar-refractivity contribution in [2.45, 2.75) is 80.1 Å². The zero-order chi connectivity index (χ0) is 89.6. The molecule has 8 aromatic heterocycles. The van der Waals surface area contributed by atoms with Crippen molar-refractivity contribution in [3.8, 4) is 114 Å². The first-order valence-corrected chi connectivity index (χ1v) is 44.8. The highest BCUT2D eigenvalue weighted by Gasteiger charge is 2.26. The monoisotopic (exact) mass is 1720 g/mol. The molecule has 132 heavy (non-hydrogen) atoms. The molecule has 0 bridgehead atoms. The van der Waals surface area contributed by atoms with Crippen LogP contribution in [0.2, 0.25) is 0 Å². The van der Waals surface area contributed by atoms with Gasteiger partial charge in [-0.15, -0.1) is 40.8 Å². The number of benzene rings is 16. The van der Waals surface area contributed by atoms with E-state index in [1.54, 1.807) is 0 Å². The first-order chi connectivity index (χ1) is 64.7. The van der Waals surface area contributed by atoms with Gasteiger partial charge in [-0.05, 0) is 225 Å². The summed E-state index contributed by atoms with van der Waals surface area (Å²) in [6, 6.07) is 130. The molecule has 0 spiro atoms. The second-order valence-electron chi connectivity index (χ2n) is 34.4. The number of hydrogen-bond acceptors (Lipinski definition) is 12. The molecular formula is C116H92N12O4. The number of aromatic nitrogens is 12. The summed E-state index contributed by atoms with van der Waals surface area (Å²) in [6.45, 7) is 19.7. The predicted molar refractivity (Wildman–Crippen MR) is 535 cm³/mol. The largest absolute Gasteiger partial charge is 0.416 e. The molecule has 24 rings (SSSR count). The van der Waals surface area contributed by atoms with Crippen molar-refractivity contribution in [1.82, 2.24) is 59.1 Å². The fourth-order valence-electron chi connectivity index (χ4n) is 18.0. The Morgan fingerprint density at radius 3 is 0.705 bits per heavy atom. The highest BCUT2D eigenvalue weighted by Crippen LogP contribution is 2.44. The standard InChI is InChI=1S/C32H29N3O.C29H23N3O.C28H21N3O.C27H19N3O/c1-20(2)23-14-16-29-26(18-23)27-19-24(21(3)4)15-17-30(27)35(29)28-13-9-8-12-25(28)32-34-33-31(36-32)22-10-6-5-7-11-22;1-19(2)20-15-17-21(18-16-20)28-30-31-29(33-28)24-11-5-8-14-27(24)32-25-12-6-3-9-22(25)23-10-4-7-13-26(23)32;1-18-12-14-25-22(16-18)23-17-19(2)13-15-26(23)31(25)24-11-7-6-10-21(24)28-30-29-27(32-28)20-8-4-3-5-9-20;1-18-14-16-19(17-15-18)26-28-29-27(31-26)22-10-4-7-13-25(22)30-23-11-5-2-8-20(23)21-9-3-6-12-24(21)30/h5-21H,1-4H3;3-19H,1-2H3;3-17H,1-2H3;2-17H,1H3. The van der Waals surface area contributed by atoms with Crippen molar-refractivity contribution in [2.24, 2.45) is 0 Å². The molecule has 24 aromatic rings. The molecule has 0 unspecified atom stereocenters. The molecule has 0 atom stereocenters. The van der Waals surface area contributed by atoms with Crippen LogP contribution in [0.5, 0.6) is 0 Å². The van der Waals surface area contributed by atoms with Gasteiger partial charge in [-0.2, -0.15) is 0 Å². The van der Waals surface area contributed by atoms with Gasteiger partial charge in [-0.25, -0.2) is 0 Å². The summed E-state index contributed by atoms with van der Waals surface area (Å²) in [4.78, 5) is 0. The maximum Gasteiger partial charge on any atom is 0.250 e. The molecule has 8 heterocycles. The van der Waals surface area contributed by atoms with Crippen molar-refractivity contribution in [3.63, 3.8) is 0 Å². The average Bonchev–Trinajstić information content (AvgIpc) is 1.60. The summed E-state index contributed by atoms with van der Waals surface area (Å²) < 4.78 is 33.8. The van der Waals surface area contributed by atoms with Crippen LogP contribution in [0.25, 0.3) is 202 Å². The van der Waals surface area contributed by atoms with Crippen molar-refractivity contribution >= 4 is 87.2 Å². The van der Waals surface area contributed by atoms with Gasteiger partial charge in [0.25, 0.3) is 0 Å². The second kappa shape index (κ2) is 35.1. The van der Waals surface area contributed by atoms with E-state index < -0.39 is 0 Å². The zero-order valence-electron chi connectivity index (χ0n) is 74.5. The molecule has 0 radical (unpaired) electrons. The van der Waals surface area contributed by atoms with Crippen LogP contribution in [-0.4, -0.2) is 59.1 Å².